The molecule has 1 N–H and O–H groups in total. The Morgan fingerprint density at radius 1 is 1.03 bits per heavy atom. The number of hydrogen-bond donors (Lipinski definition) is 1. The molecule has 170 valence electrons. The van der Waals surface area contributed by atoms with Crippen molar-refractivity contribution in [1.82, 2.24) is 15.1 Å². The Morgan fingerprint density at radius 3 is 2.59 bits per heavy atom. The van der Waals surface area contributed by atoms with Gasteiger partial charge in [0.1, 0.15) is 5.75 Å². The van der Waals surface area contributed by atoms with Crippen LogP contribution < -0.4 is 10.1 Å². The van der Waals surface area contributed by atoms with Gasteiger partial charge < -0.3 is 19.9 Å². The average molecular weight is 436 g/mol. The zero-order valence-corrected chi connectivity index (χ0v) is 18.9. The molecule has 3 amide bonds. The second kappa shape index (κ2) is 10.5. The van der Waals surface area contributed by atoms with E-state index in [1.165, 1.54) is 0 Å². The van der Waals surface area contributed by atoms with Crippen molar-refractivity contribution >= 4 is 11.9 Å². The van der Waals surface area contributed by atoms with Crippen molar-refractivity contribution in [2.75, 3.05) is 20.2 Å². The molecule has 2 aromatic rings. The summed E-state index contributed by atoms with van der Waals surface area (Å²) in [6, 6.07) is 16.3. The second-order valence-electron chi connectivity index (χ2n) is 8.73. The number of carbonyl (C=O) groups excluding carboxylic acids is 2. The predicted octanol–water partition coefficient (Wildman–Crippen LogP) is 4.64. The van der Waals surface area contributed by atoms with Crippen molar-refractivity contribution < 1.29 is 14.3 Å². The molecule has 0 aromatic heterocycles. The largest absolute Gasteiger partial charge is 0.497 e. The van der Waals surface area contributed by atoms with Gasteiger partial charge in [0.05, 0.1) is 13.2 Å². The first-order chi connectivity index (χ1) is 15.6. The standard InChI is InChI=1S/C26H33N3O3/c1-32-23-13-11-22(12-14-23)24-9-3-2-4-16-29(24)26(31)27-18-20-7-5-8-21(17-20)19-28-15-6-10-25(28)30/h5,7-8,11-14,17,24H,2-4,6,9-10,15-16,18-19H2,1H3,(H,27,31). The predicted molar refractivity (Wildman–Crippen MR) is 124 cm³/mol. The van der Waals surface area contributed by atoms with Gasteiger partial charge >= 0.3 is 6.03 Å². The number of methoxy groups -OCH3 is 1. The molecule has 1 atom stereocenters. The Bertz CT molecular complexity index is 928. The fourth-order valence-corrected chi connectivity index (χ4v) is 4.73. The number of amides is 3. The number of hydrogen-bond acceptors (Lipinski definition) is 3. The van der Waals surface area contributed by atoms with Crippen LogP contribution in [0.15, 0.2) is 48.5 Å². The normalized spacial score (nSPS) is 19.0. The van der Waals surface area contributed by atoms with Gasteiger partial charge in [-0.25, -0.2) is 4.79 Å². The topological polar surface area (TPSA) is 61.9 Å². The van der Waals surface area contributed by atoms with E-state index in [0.29, 0.717) is 19.5 Å². The first-order valence-electron chi connectivity index (χ1n) is 11.7. The van der Waals surface area contributed by atoms with Gasteiger partial charge in [0.25, 0.3) is 0 Å². The Kier molecular flexibility index (Phi) is 7.30. The quantitative estimate of drug-likeness (QED) is 0.719. The number of rotatable bonds is 6. The molecular formula is C26H33N3O3. The first kappa shape index (κ1) is 22.2. The van der Waals surface area contributed by atoms with Crippen LogP contribution in [0.3, 0.4) is 0 Å². The molecule has 32 heavy (non-hydrogen) atoms. The fourth-order valence-electron chi connectivity index (χ4n) is 4.73. The van der Waals surface area contributed by atoms with Crippen LogP contribution in [0, 0.1) is 0 Å². The van der Waals surface area contributed by atoms with Gasteiger partial charge in [-0.3, -0.25) is 4.79 Å². The van der Waals surface area contributed by atoms with E-state index in [1.54, 1.807) is 7.11 Å². The van der Waals surface area contributed by atoms with Gasteiger partial charge in [0, 0.05) is 32.6 Å². The molecule has 2 aromatic carbocycles. The molecule has 2 aliphatic rings. The van der Waals surface area contributed by atoms with Crippen LogP contribution in [0.4, 0.5) is 4.79 Å². The lowest BCUT2D eigenvalue weighted by Gasteiger charge is -2.30. The molecule has 6 nitrogen and oxygen atoms in total. The van der Waals surface area contributed by atoms with Gasteiger partial charge in [-0.1, -0.05) is 49.2 Å². The molecule has 0 bridgehead atoms. The van der Waals surface area contributed by atoms with Crippen molar-refractivity contribution in [3.8, 4) is 5.75 Å². The summed E-state index contributed by atoms with van der Waals surface area (Å²) in [5, 5.41) is 3.13. The first-order valence-corrected chi connectivity index (χ1v) is 11.7. The van der Waals surface area contributed by atoms with E-state index in [2.05, 4.69) is 23.5 Å². The summed E-state index contributed by atoms with van der Waals surface area (Å²) in [4.78, 5) is 29.0. The van der Waals surface area contributed by atoms with Crippen LogP contribution in [0.5, 0.6) is 5.75 Å². The van der Waals surface area contributed by atoms with Crippen molar-refractivity contribution in [2.45, 2.75) is 57.7 Å². The molecule has 1 unspecified atom stereocenters. The minimum absolute atomic E-state index is 0.0205. The number of benzene rings is 2. The summed E-state index contributed by atoms with van der Waals surface area (Å²) >= 11 is 0. The van der Waals surface area contributed by atoms with E-state index in [1.807, 2.05) is 40.1 Å². The van der Waals surface area contributed by atoms with Crippen molar-refractivity contribution in [3.63, 3.8) is 0 Å². The van der Waals surface area contributed by atoms with Gasteiger partial charge in [0.15, 0.2) is 0 Å². The van der Waals surface area contributed by atoms with Crippen LogP contribution >= 0.6 is 0 Å². The molecule has 0 saturated carbocycles. The number of ether oxygens (including phenoxy) is 1. The highest BCUT2D eigenvalue weighted by molar-refractivity contribution is 5.78. The molecular weight excluding hydrogens is 402 g/mol. The second-order valence-corrected chi connectivity index (χ2v) is 8.73. The lowest BCUT2D eigenvalue weighted by Crippen LogP contribution is -2.42. The minimum Gasteiger partial charge on any atom is -0.497 e. The Balaban J connectivity index is 1.40. The van der Waals surface area contributed by atoms with Crippen LogP contribution in [0.2, 0.25) is 0 Å². The lowest BCUT2D eigenvalue weighted by atomic mass is 10.0. The number of urea groups is 1. The molecule has 0 radical (unpaired) electrons. The maximum Gasteiger partial charge on any atom is 0.318 e. The van der Waals surface area contributed by atoms with Crippen LogP contribution in [-0.4, -0.2) is 41.9 Å². The summed E-state index contributed by atoms with van der Waals surface area (Å²) in [5.74, 6) is 1.06. The monoisotopic (exact) mass is 435 g/mol. The maximum atomic E-state index is 13.2. The van der Waals surface area contributed by atoms with Gasteiger partial charge in [-0.15, -0.1) is 0 Å². The third-order valence-electron chi connectivity index (χ3n) is 6.49. The SMILES string of the molecule is COc1ccc(C2CCCCCN2C(=O)NCc2cccc(CN3CCCC3=O)c2)cc1. The lowest BCUT2D eigenvalue weighted by molar-refractivity contribution is -0.128. The number of carbonyl (C=O) groups is 2. The van der Waals surface area contributed by atoms with Crippen molar-refractivity contribution in [2.24, 2.45) is 0 Å². The maximum absolute atomic E-state index is 13.2. The summed E-state index contributed by atoms with van der Waals surface area (Å²) in [7, 11) is 1.67. The fraction of sp³-hybridized carbons (Fsp3) is 0.462. The van der Waals surface area contributed by atoms with Crippen LogP contribution in [0.25, 0.3) is 0 Å². The Morgan fingerprint density at radius 2 is 1.84 bits per heavy atom. The molecule has 2 heterocycles. The number of nitrogens with zero attached hydrogens (tertiary/aromatic N) is 2. The molecule has 0 aliphatic carbocycles. The third-order valence-corrected chi connectivity index (χ3v) is 6.49. The molecule has 2 saturated heterocycles. The zero-order valence-electron chi connectivity index (χ0n) is 18.9. The number of nitrogens with one attached hydrogen (secondary N) is 1. The van der Waals surface area contributed by atoms with E-state index in [4.69, 9.17) is 4.74 Å². The van der Waals surface area contributed by atoms with Crippen LogP contribution in [-0.2, 0) is 17.9 Å². The van der Waals surface area contributed by atoms with Gasteiger partial charge in [-0.05, 0) is 48.1 Å². The van der Waals surface area contributed by atoms with E-state index in [9.17, 15) is 9.59 Å². The minimum atomic E-state index is -0.0205. The van der Waals surface area contributed by atoms with E-state index in [-0.39, 0.29) is 18.0 Å². The third kappa shape index (κ3) is 5.42. The van der Waals surface area contributed by atoms with Crippen molar-refractivity contribution in [1.29, 1.82) is 0 Å². The smallest absolute Gasteiger partial charge is 0.318 e. The van der Waals surface area contributed by atoms with E-state index < -0.39 is 0 Å². The molecule has 0 spiro atoms. The Labute approximate surface area is 190 Å². The van der Waals surface area contributed by atoms with Gasteiger partial charge in [0.2, 0.25) is 5.91 Å². The van der Waals surface area contributed by atoms with E-state index in [0.717, 1.165) is 67.6 Å². The Hall–Kier alpha value is -3.02. The summed E-state index contributed by atoms with van der Waals surface area (Å²) < 4.78 is 5.29. The van der Waals surface area contributed by atoms with E-state index >= 15 is 0 Å². The molecule has 6 heteroatoms. The van der Waals surface area contributed by atoms with Crippen molar-refractivity contribution in [3.05, 3.63) is 65.2 Å². The molecule has 2 fully saturated rings. The summed E-state index contributed by atoms with van der Waals surface area (Å²) in [6.07, 6.45) is 5.87. The zero-order chi connectivity index (χ0) is 22.3. The molecule has 2 aliphatic heterocycles. The average Bonchev–Trinajstić information content (AvgIpc) is 3.07. The summed E-state index contributed by atoms with van der Waals surface area (Å²) in [5.41, 5.74) is 3.32. The molecule has 4 rings (SSSR count). The highest BCUT2D eigenvalue weighted by Crippen LogP contribution is 2.31. The van der Waals surface area contributed by atoms with Gasteiger partial charge in [-0.2, -0.15) is 0 Å². The van der Waals surface area contributed by atoms with Crippen LogP contribution in [0.1, 0.15) is 61.3 Å². The highest BCUT2D eigenvalue weighted by atomic mass is 16.5. The summed E-state index contributed by atoms with van der Waals surface area (Å²) in [6.45, 7) is 2.72. The highest BCUT2D eigenvalue weighted by Gasteiger charge is 2.27. The number of likely N-dealkylation sites (tertiary alicyclic amines) is 2.